The van der Waals surface area contributed by atoms with Gasteiger partial charge in [-0.05, 0) is 43.9 Å². The molecule has 0 radical (unpaired) electrons. The molecule has 1 heterocycles. The summed E-state index contributed by atoms with van der Waals surface area (Å²) in [6, 6.07) is 6.93. The molecule has 1 aromatic rings. The molecule has 3 heteroatoms. The van der Waals surface area contributed by atoms with Crippen molar-refractivity contribution < 1.29 is 9.47 Å². The Bertz CT molecular complexity index is 468. The zero-order valence-corrected chi connectivity index (χ0v) is 14.0. The quantitative estimate of drug-likeness (QED) is 0.833. The lowest BCUT2D eigenvalue weighted by Crippen LogP contribution is -2.37. The van der Waals surface area contributed by atoms with Crippen LogP contribution in [0.5, 0.6) is 5.75 Å². The van der Waals surface area contributed by atoms with Crippen molar-refractivity contribution in [3.63, 3.8) is 0 Å². The first kappa shape index (κ1) is 16.3. The summed E-state index contributed by atoms with van der Waals surface area (Å²) in [5.74, 6) is 1.60. The molecule has 0 bridgehead atoms. The van der Waals surface area contributed by atoms with Gasteiger partial charge in [0, 0.05) is 25.6 Å². The molecule has 0 amide bonds. The maximum Gasteiger partial charge on any atom is 0.123 e. The molecule has 1 N–H and O–H groups in total. The van der Waals surface area contributed by atoms with Crippen LogP contribution in [0.15, 0.2) is 18.2 Å². The molecule has 1 atom stereocenters. The number of benzene rings is 1. The highest BCUT2D eigenvalue weighted by Crippen LogP contribution is 2.35. The van der Waals surface area contributed by atoms with E-state index in [1.54, 1.807) is 0 Å². The molecule has 0 saturated carbocycles. The lowest BCUT2D eigenvalue weighted by molar-refractivity contribution is 0.108. The first-order valence-electron chi connectivity index (χ1n) is 8.03. The molecule has 1 aromatic carbocycles. The normalized spacial score (nSPS) is 17.6. The molecule has 2 rings (SSSR count). The zero-order valence-electron chi connectivity index (χ0n) is 14.0. The number of nitrogens with one attached hydrogen (secondary N) is 1. The van der Waals surface area contributed by atoms with E-state index in [-0.39, 0.29) is 5.60 Å². The van der Waals surface area contributed by atoms with Gasteiger partial charge in [-0.25, -0.2) is 0 Å². The van der Waals surface area contributed by atoms with Gasteiger partial charge in [-0.2, -0.15) is 0 Å². The summed E-state index contributed by atoms with van der Waals surface area (Å²) in [4.78, 5) is 0. The Kier molecular flexibility index (Phi) is 5.28. The second kappa shape index (κ2) is 6.80. The van der Waals surface area contributed by atoms with Crippen LogP contribution in [0.25, 0.3) is 0 Å². The SMILES string of the molecule is CCOCC(NCc1ccc2c(c1)CC(C)(C)O2)C(C)C. The van der Waals surface area contributed by atoms with E-state index in [4.69, 9.17) is 9.47 Å². The van der Waals surface area contributed by atoms with Crippen molar-refractivity contribution in [2.24, 2.45) is 5.92 Å². The van der Waals surface area contributed by atoms with Gasteiger partial charge in [0.1, 0.15) is 11.4 Å². The third-order valence-electron chi connectivity index (χ3n) is 4.00. The Hall–Kier alpha value is -1.06. The smallest absolute Gasteiger partial charge is 0.123 e. The fourth-order valence-corrected chi connectivity index (χ4v) is 2.75. The average Bonchev–Trinajstić information content (AvgIpc) is 2.71. The number of hydrogen-bond donors (Lipinski definition) is 1. The molecular formula is C18H29NO2. The standard InChI is InChI=1S/C18H29NO2/c1-6-20-12-16(13(2)3)19-11-14-7-8-17-15(9-14)10-18(4,5)21-17/h7-9,13,16,19H,6,10-12H2,1-5H3. The number of hydrogen-bond acceptors (Lipinski definition) is 3. The van der Waals surface area contributed by atoms with Crippen LogP contribution in [0, 0.1) is 5.92 Å². The van der Waals surface area contributed by atoms with E-state index >= 15 is 0 Å². The topological polar surface area (TPSA) is 30.5 Å². The number of fused-ring (bicyclic) bond motifs is 1. The lowest BCUT2D eigenvalue weighted by Gasteiger charge is -2.22. The van der Waals surface area contributed by atoms with Crippen LogP contribution < -0.4 is 10.1 Å². The highest BCUT2D eigenvalue weighted by molar-refractivity contribution is 5.41. The average molecular weight is 291 g/mol. The van der Waals surface area contributed by atoms with Gasteiger partial charge >= 0.3 is 0 Å². The van der Waals surface area contributed by atoms with Gasteiger partial charge in [-0.1, -0.05) is 26.0 Å². The highest BCUT2D eigenvalue weighted by Gasteiger charge is 2.29. The second-order valence-electron chi connectivity index (χ2n) is 6.87. The van der Waals surface area contributed by atoms with Crippen molar-refractivity contribution in [1.29, 1.82) is 0 Å². The van der Waals surface area contributed by atoms with Gasteiger partial charge in [0.15, 0.2) is 0 Å². The summed E-state index contributed by atoms with van der Waals surface area (Å²) in [5, 5.41) is 3.62. The van der Waals surface area contributed by atoms with Gasteiger partial charge in [0.05, 0.1) is 6.61 Å². The Balaban J connectivity index is 1.95. The summed E-state index contributed by atoms with van der Waals surface area (Å²) in [6.07, 6.45) is 0.989. The van der Waals surface area contributed by atoms with Crippen molar-refractivity contribution in [1.82, 2.24) is 5.32 Å². The van der Waals surface area contributed by atoms with Crippen LogP contribution in [0.1, 0.15) is 45.7 Å². The summed E-state index contributed by atoms with van der Waals surface area (Å²) in [7, 11) is 0. The van der Waals surface area contributed by atoms with E-state index < -0.39 is 0 Å². The second-order valence-corrected chi connectivity index (χ2v) is 6.87. The van der Waals surface area contributed by atoms with Crippen molar-refractivity contribution >= 4 is 0 Å². The van der Waals surface area contributed by atoms with E-state index in [0.29, 0.717) is 12.0 Å². The van der Waals surface area contributed by atoms with E-state index in [2.05, 4.69) is 51.2 Å². The molecule has 0 saturated heterocycles. The molecule has 1 aliphatic rings. The Morgan fingerprint density at radius 2 is 2.10 bits per heavy atom. The van der Waals surface area contributed by atoms with Gasteiger partial charge in [-0.15, -0.1) is 0 Å². The maximum atomic E-state index is 5.93. The summed E-state index contributed by atoms with van der Waals surface area (Å²) < 4.78 is 11.5. The zero-order chi connectivity index (χ0) is 15.5. The molecule has 0 fully saturated rings. The van der Waals surface area contributed by atoms with Crippen LogP contribution in [0.2, 0.25) is 0 Å². The van der Waals surface area contributed by atoms with Gasteiger partial charge < -0.3 is 14.8 Å². The number of ether oxygens (including phenoxy) is 2. The summed E-state index contributed by atoms with van der Waals surface area (Å²) in [6.45, 7) is 13.2. The van der Waals surface area contributed by atoms with E-state index in [0.717, 1.165) is 31.9 Å². The third-order valence-corrected chi connectivity index (χ3v) is 4.00. The molecule has 3 nitrogen and oxygen atoms in total. The minimum atomic E-state index is -0.0657. The van der Waals surface area contributed by atoms with Crippen molar-refractivity contribution in [3.05, 3.63) is 29.3 Å². The predicted octanol–water partition coefficient (Wildman–Crippen LogP) is 3.55. The molecule has 1 unspecified atom stereocenters. The van der Waals surface area contributed by atoms with Crippen LogP contribution in [0.4, 0.5) is 0 Å². The van der Waals surface area contributed by atoms with Gasteiger partial charge in [-0.3, -0.25) is 0 Å². The monoisotopic (exact) mass is 291 g/mol. The van der Waals surface area contributed by atoms with Crippen LogP contribution in [0.3, 0.4) is 0 Å². The van der Waals surface area contributed by atoms with Crippen LogP contribution in [-0.4, -0.2) is 24.9 Å². The lowest BCUT2D eigenvalue weighted by atomic mass is 10.00. The molecule has 1 aliphatic heterocycles. The summed E-state index contributed by atoms with van der Waals surface area (Å²) >= 11 is 0. The molecule has 0 aliphatic carbocycles. The van der Waals surface area contributed by atoms with Crippen LogP contribution >= 0.6 is 0 Å². The maximum absolute atomic E-state index is 5.93. The van der Waals surface area contributed by atoms with E-state index in [1.165, 1.54) is 11.1 Å². The van der Waals surface area contributed by atoms with Crippen molar-refractivity contribution in [3.8, 4) is 5.75 Å². The van der Waals surface area contributed by atoms with Gasteiger partial charge in [0.25, 0.3) is 0 Å². The van der Waals surface area contributed by atoms with E-state index in [9.17, 15) is 0 Å². The molecular weight excluding hydrogens is 262 g/mol. The van der Waals surface area contributed by atoms with Crippen molar-refractivity contribution in [2.45, 2.75) is 59.2 Å². The van der Waals surface area contributed by atoms with Crippen LogP contribution in [-0.2, 0) is 17.7 Å². The fourth-order valence-electron chi connectivity index (χ4n) is 2.75. The largest absolute Gasteiger partial charge is 0.487 e. The third kappa shape index (κ3) is 4.45. The van der Waals surface area contributed by atoms with Crippen molar-refractivity contribution in [2.75, 3.05) is 13.2 Å². The molecule has 21 heavy (non-hydrogen) atoms. The first-order chi connectivity index (χ1) is 9.91. The Morgan fingerprint density at radius 3 is 2.76 bits per heavy atom. The minimum absolute atomic E-state index is 0.0657. The molecule has 0 aromatic heterocycles. The first-order valence-corrected chi connectivity index (χ1v) is 8.03. The Morgan fingerprint density at radius 1 is 1.33 bits per heavy atom. The van der Waals surface area contributed by atoms with Gasteiger partial charge in [0.2, 0.25) is 0 Å². The summed E-state index contributed by atoms with van der Waals surface area (Å²) in [5.41, 5.74) is 2.58. The minimum Gasteiger partial charge on any atom is -0.487 e. The Labute approximate surface area is 129 Å². The number of rotatable bonds is 7. The molecule has 118 valence electrons. The van der Waals surface area contributed by atoms with E-state index in [1.807, 2.05) is 6.92 Å². The predicted molar refractivity (Wildman–Crippen MR) is 86.8 cm³/mol. The molecule has 0 spiro atoms. The highest BCUT2D eigenvalue weighted by atomic mass is 16.5. The fraction of sp³-hybridized carbons (Fsp3) is 0.667.